The van der Waals surface area contributed by atoms with Crippen molar-refractivity contribution in [3.63, 3.8) is 0 Å². The molecule has 6 nitrogen and oxygen atoms in total. The van der Waals surface area contributed by atoms with Crippen LogP contribution in [0.1, 0.15) is 35.2 Å². The van der Waals surface area contributed by atoms with Gasteiger partial charge in [0.1, 0.15) is 0 Å². The molecule has 1 aromatic carbocycles. The first-order chi connectivity index (χ1) is 13.1. The van der Waals surface area contributed by atoms with Gasteiger partial charge in [-0.25, -0.2) is 8.78 Å². The normalized spacial score (nSPS) is 17.4. The van der Waals surface area contributed by atoms with Crippen molar-refractivity contribution in [2.75, 3.05) is 13.1 Å². The number of hydrogen-bond donors (Lipinski definition) is 0. The smallest absolute Gasteiger partial charge is 0.255 e. The van der Waals surface area contributed by atoms with Crippen LogP contribution in [0.2, 0.25) is 0 Å². The number of aryl methyl sites for hydroxylation is 1. The summed E-state index contributed by atoms with van der Waals surface area (Å²) in [6, 6.07) is 7.49. The van der Waals surface area contributed by atoms with Crippen molar-refractivity contribution >= 4 is 11.6 Å². The molecule has 4 rings (SSSR count). The predicted octanol–water partition coefficient (Wildman–Crippen LogP) is 2.89. The second-order valence-electron chi connectivity index (χ2n) is 6.95. The van der Waals surface area contributed by atoms with E-state index in [1.165, 1.54) is 10.6 Å². The van der Waals surface area contributed by atoms with Crippen molar-refractivity contribution < 1.29 is 13.6 Å². The fraction of sp³-hybridized carbons (Fsp3) is 0.368. The van der Waals surface area contributed by atoms with E-state index in [2.05, 4.69) is 15.5 Å². The largest absolute Gasteiger partial charge is 0.338 e. The van der Waals surface area contributed by atoms with E-state index in [1.54, 1.807) is 24.4 Å². The topological polar surface area (TPSA) is 63.4 Å². The summed E-state index contributed by atoms with van der Waals surface area (Å²) in [5, 5.41) is 11.2. The molecule has 2 aromatic heterocycles. The Hall–Kier alpha value is -2.90. The Morgan fingerprint density at radius 1 is 1.19 bits per heavy atom. The molecular formula is C19H19F2N5O. The van der Waals surface area contributed by atoms with Crippen LogP contribution >= 0.6 is 0 Å². The molecule has 0 aliphatic carbocycles. The maximum atomic E-state index is 13.3. The Balaban J connectivity index is 1.39. The molecule has 0 N–H and O–H groups in total. The van der Waals surface area contributed by atoms with Crippen molar-refractivity contribution in [2.45, 2.75) is 25.7 Å². The number of hydrogen-bond acceptors (Lipinski definition) is 4. The lowest BCUT2D eigenvalue weighted by Crippen LogP contribution is -2.40. The lowest BCUT2D eigenvalue weighted by Gasteiger charge is -2.33. The summed E-state index contributed by atoms with van der Waals surface area (Å²) >= 11 is 0. The number of rotatable bonds is 4. The lowest BCUT2D eigenvalue weighted by atomic mass is 9.91. The Kier molecular flexibility index (Phi) is 4.79. The van der Waals surface area contributed by atoms with Crippen molar-refractivity contribution in [3.05, 3.63) is 59.3 Å². The molecule has 1 aliphatic rings. The van der Waals surface area contributed by atoms with Crippen LogP contribution in [0.3, 0.4) is 0 Å². The molecule has 1 unspecified atom stereocenters. The van der Waals surface area contributed by atoms with E-state index in [0.29, 0.717) is 36.6 Å². The lowest BCUT2D eigenvalue weighted by molar-refractivity contribution is 0.0667. The van der Waals surface area contributed by atoms with E-state index in [9.17, 15) is 13.6 Å². The number of piperidine rings is 1. The summed E-state index contributed by atoms with van der Waals surface area (Å²) in [5.41, 5.74) is 1.92. The summed E-state index contributed by atoms with van der Waals surface area (Å²) in [5.74, 6) is -1.34. The Bertz CT molecular complexity index is 974. The second-order valence-corrected chi connectivity index (χ2v) is 6.95. The Morgan fingerprint density at radius 3 is 2.93 bits per heavy atom. The zero-order valence-electron chi connectivity index (χ0n) is 14.7. The molecule has 1 atom stereocenters. The molecule has 140 valence electrons. The van der Waals surface area contributed by atoms with Gasteiger partial charge in [0.2, 0.25) is 0 Å². The van der Waals surface area contributed by atoms with Crippen LogP contribution in [-0.2, 0) is 6.42 Å². The van der Waals surface area contributed by atoms with Gasteiger partial charge < -0.3 is 4.90 Å². The van der Waals surface area contributed by atoms with E-state index in [0.717, 1.165) is 30.9 Å². The number of carbonyl (C=O) groups excluding carboxylic acids is 1. The van der Waals surface area contributed by atoms with Crippen LogP contribution in [-0.4, -0.2) is 43.9 Å². The first-order valence-electron chi connectivity index (χ1n) is 9.01. The van der Waals surface area contributed by atoms with Crippen LogP contribution in [0.5, 0.6) is 0 Å². The highest BCUT2D eigenvalue weighted by Gasteiger charge is 2.25. The van der Waals surface area contributed by atoms with Gasteiger partial charge in [0.25, 0.3) is 5.91 Å². The molecule has 1 amide bonds. The molecule has 0 saturated carbocycles. The van der Waals surface area contributed by atoms with Gasteiger partial charge in [0, 0.05) is 19.3 Å². The first kappa shape index (κ1) is 17.5. The SMILES string of the molecule is O=C(c1ccc2nnnn2c1)N1CCCC(CCc2ccc(F)c(F)c2)C1. The van der Waals surface area contributed by atoms with E-state index in [4.69, 9.17) is 0 Å². The summed E-state index contributed by atoms with van der Waals surface area (Å²) in [6.07, 6.45) is 5.10. The maximum Gasteiger partial charge on any atom is 0.255 e. The van der Waals surface area contributed by atoms with Crippen LogP contribution in [0.15, 0.2) is 36.5 Å². The van der Waals surface area contributed by atoms with Crippen molar-refractivity contribution in [1.82, 2.24) is 24.9 Å². The number of amides is 1. The fourth-order valence-corrected chi connectivity index (χ4v) is 3.60. The van der Waals surface area contributed by atoms with Gasteiger partial charge in [0.15, 0.2) is 17.3 Å². The van der Waals surface area contributed by atoms with Crippen molar-refractivity contribution in [2.24, 2.45) is 5.92 Å². The van der Waals surface area contributed by atoms with Gasteiger partial charge in [0.05, 0.1) is 5.56 Å². The molecule has 0 radical (unpaired) electrons. The Morgan fingerprint density at radius 2 is 2.07 bits per heavy atom. The van der Waals surface area contributed by atoms with Crippen LogP contribution in [0.25, 0.3) is 5.65 Å². The van der Waals surface area contributed by atoms with Gasteiger partial charge >= 0.3 is 0 Å². The maximum absolute atomic E-state index is 13.3. The summed E-state index contributed by atoms with van der Waals surface area (Å²) in [4.78, 5) is 14.7. The molecule has 1 saturated heterocycles. The summed E-state index contributed by atoms with van der Waals surface area (Å²) in [6.45, 7) is 1.38. The number of tetrazole rings is 1. The number of fused-ring (bicyclic) bond motifs is 1. The third-order valence-electron chi connectivity index (χ3n) is 5.07. The minimum Gasteiger partial charge on any atom is -0.338 e. The minimum absolute atomic E-state index is 0.0371. The molecule has 8 heteroatoms. The number of halogens is 2. The minimum atomic E-state index is -0.826. The number of nitrogens with zero attached hydrogens (tertiary/aromatic N) is 5. The number of benzene rings is 1. The number of pyridine rings is 1. The second kappa shape index (κ2) is 7.38. The molecule has 1 fully saturated rings. The number of carbonyl (C=O) groups is 1. The van der Waals surface area contributed by atoms with Gasteiger partial charge in [-0.05, 0) is 71.9 Å². The molecule has 3 aromatic rings. The summed E-state index contributed by atoms with van der Waals surface area (Å²) in [7, 11) is 0. The standard InChI is InChI=1S/C19H19F2N5O/c20-16-7-5-13(10-17(16)21)3-4-14-2-1-9-25(11-14)19(27)15-6-8-18-22-23-24-26(18)12-15/h5-8,10,12,14H,1-4,9,11H2. The van der Waals surface area contributed by atoms with Gasteiger partial charge in [-0.3, -0.25) is 4.79 Å². The van der Waals surface area contributed by atoms with Crippen LogP contribution < -0.4 is 0 Å². The van der Waals surface area contributed by atoms with Gasteiger partial charge in [-0.2, -0.15) is 4.52 Å². The number of aromatic nitrogens is 4. The highest BCUT2D eigenvalue weighted by atomic mass is 19.2. The molecule has 0 bridgehead atoms. The molecular weight excluding hydrogens is 352 g/mol. The average molecular weight is 371 g/mol. The summed E-state index contributed by atoms with van der Waals surface area (Å²) < 4.78 is 27.9. The highest BCUT2D eigenvalue weighted by molar-refractivity contribution is 5.94. The van der Waals surface area contributed by atoms with Crippen molar-refractivity contribution in [3.8, 4) is 0 Å². The predicted molar refractivity (Wildman–Crippen MR) is 94.1 cm³/mol. The monoisotopic (exact) mass is 371 g/mol. The molecule has 1 aliphatic heterocycles. The number of likely N-dealkylation sites (tertiary alicyclic amines) is 1. The average Bonchev–Trinajstić information content (AvgIpc) is 3.16. The third-order valence-corrected chi connectivity index (χ3v) is 5.07. The van der Waals surface area contributed by atoms with Crippen molar-refractivity contribution in [1.29, 1.82) is 0 Å². The third kappa shape index (κ3) is 3.79. The fourth-order valence-electron chi connectivity index (χ4n) is 3.60. The van der Waals surface area contributed by atoms with E-state index in [1.807, 2.05) is 4.90 Å². The molecule has 27 heavy (non-hydrogen) atoms. The molecule has 3 heterocycles. The zero-order chi connectivity index (χ0) is 18.8. The zero-order valence-corrected chi connectivity index (χ0v) is 14.7. The Labute approximate surface area is 154 Å². The van der Waals surface area contributed by atoms with E-state index in [-0.39, 0.29) is 5.91 Å². The highest BCUT2D eigenvalue weighted by Crippen LogP contribution is 2.23. The van der Waals surface area contributed by atoms with E-state index < -0.39 is 11.6 Å². The van der Waals surface area contributed by atoms with E-state index >= 15 is 0 Å². The van der Waals surface area contributed by atoms with Crippen LogP contribution in [0, 0.1) is 17.6 Å². The van der Waals surface area contributed by atoms with Gasteiger partial charge in [-0.15, -0.1) is 5.10 Å². The molecule has 0 spiro atoms. The first-order valence-corrected chi connectivity index (χ1v) is 9.01. The van der Waals surface area contributed by atoms with Gasteiger partial charge in [-0.1, -0.05) is 6.07 Å². The quantitative estimate of drug-likeness (QED) is 0.707. The van der Waals surface area contributed by atoms with Crippen LogP contribution in [0.4, 0.5) is 8.78 Å².